The van der Waals surface area contributed by atoms with Crippen LogP contribution in [0.4, 0.5) is 18.3 Å². The van der Waals surface area contributed by atoms with Crippen LogP contribution >= 0.6 is 11.3 Å². The second kappa shape index (κ2) is 3.54. The van der Waals surface area contributed by atoms with Crippen molar-refractivity contribution in [2.45, 2.75) is 0 Å². The monoisotopic (exact) mass is 230 g/mol. The predicted molar refractivity (Wildman–Crippen MR) is 51.8 cm³/mol. The first kappa shape index (κ1) is 9.97. The molecule has 1 aromatic heterocycles. The van der Waals surface area contributed by atoms with Crippen molar-refractivity contribution in [3.63, 3.8) is 0 Å². The zero-order valence-electron chi connectivity index (χ0n) is 7.30. The fourth-order valence-electron chi connectivity index (χ4n) is 1.13. The molecule has 78 valence electrons. The third-order valence-electron chi connectivity index (χ3n) is 1.81. The molecule has 0 aliphatic rings. The maximum Gasteiger partial charge on any atom is 0.180 e. The molecule has 0 amide bonds. The quantitative estimate of drug-likeness (QED) is 0.765. The molecule has 0 fully saturated rings. The molecule has 0 spiro atoms. The third-order valence-corrected chi connectivity index (χ3v) is 2.48. The number of hydrogen-bond donors (Lipinski definition) is 1. The van der Waals surface area contributed by atoms with Crippen molar-refractivity contribution in [1.82, 2.24) is 4.98 Å². The lowest BCUT2D eigenvalue weighted by molar-refractivity contribution is 0.496. The molecule has 0 bridgehead atoms. The standard InChI is InChI=1S/C9H5F3N2S/c10-5-2-7(12)6(11)1-4(5)8-3-15-9(13)14-8/h1-3H,(H2,13,14). The number of nitrogens with two attached hydrogens (primary N) is 1. The zero-order valence-corrected chi connectivity index (χ0v) is 8.12. The number of thiazole rings is 1. The molecule has 0 unspecified atom stereocenters. The summed E-state index contributed by atoms with van der Waals surface area (Å²) in [4.78, 5) is 3.78. The Bertz CT molecular complexity index is 510. The molecular weight excluding hydrogens is 225 g/mol. The highest BCUT2D eigenvalue weighted by molar-refractivity contribution is 7.13. The minimum atomic E-state index is -1.22. The van der Waals surface area contributed by atoms with Crippen molar-refractivity contribution in [1.29, 1.82) is 0 Å². The first-order chi connectivity index (χ1) is 7.08. The Morgan fingerprint density at radius 2 is 1.73 bits per heavy atom. The molecule has 1 aromatic carbocycles. The van der Waals surface area contributed by atoms with Gasteiger partial charge in [0.25, 0.3) is 0 Å². The van der Waals surface area contributed by atoms with Gasteiger partial charge in [0, 0.05) is 17.0 Å². The van der Waals surface area contributed by atoms with Gasteiger partial charge in [-0.15, -0.1) is 11.3 Å². The van der Waals surface area contributed by atoms with Crippen LogP contribution in [0.25, 0.3) is 11.3 Å². The lowest BCUT2D eigenvalue weighted by atomic mass is 10.1. The van der Waals surface area contributed by atoms with Gasteiger partial charge >= 0.3 is 0 Å². The van der Waals surface area contributed by atoms with E-state index in [0.717, 1.165) is 17.4 Å². The molecule has 0 atom stereocenters. The molecule has 15 heavy (non-hydrogen) atoms. The molecule has 0 radical (unpaired) electrons. The highest BCUT2D eigenvalue weighted by Gasteiger charge is 2.13. The van der Waals surface area contributed by atoms with Gasteiger partial charge in [-0.3, -0.25) is 0 Å². The summed E-state index contributed by atoms with van der Waals surface area (Å²) in [6, 6.07) is 1.25. The van der Waals surface area contributed by atoms with Crippen LogP contribution in [-0.2, 0) is 0 Å². The van der Waals surface area contributed by atoms with Crippen LogP contribution in [0.15, 0.2) is 17.5 Å². The number of aromatic nitrogens is 1. The number of nitrogens with zero attached hydrogens (tertiary/aromatic N) is 1. The number of benzene rings is 1. The van der Waals surface area contributed by atoms with Gasteiger partial charge in [-0.25, -0.2) is 18.2 Å². The van der Waals surface area contributed by atoms with E-state index in [1.165, 1.54) is 5.38 Å². The zero-order chi connectivity index (χ0) is 11.0. The SMILES string of the molecule is Nc1nc(-c2cc(F)c(F)cc2F)cs1. The van der Waals surface area contributed by atoms with Crippen LogP contribution in [0, 0.1) is 17.5 Å². The summed E-state index contributed by atoms with van der Waals surface area (Å²) >= 11 is 1.10. The fraction of sp³-hybridized carbons (Fsp3) is 0. The van der Waals surface area contributed by atoms with E-state index in [4.69, 9.17) is 5.73 Å². The first-order valence-corrected chi connectivity index (χ1v) is 4.82. The molecule has 2 aromatic rings. The average molecular weight is 230 g/mol. The van der Waals surface area contributed by atoms with Crippen LogP contribution in [0.5, 0.6) is 0 Å². The Morgan fingerprint density at radius 3 is 2.33 bits per heavy atom. The Morgan fingerprint density at radius 1 is 1.07 bits per heavy atom. The molecule has 2 rings (SSSR count). The fourth-order valence-corrected chi connectivity index (χ4v) is 1.69. The van der Waals surface area contributed by atoms with Crippen molar-refractivity contribution in [3.05, 3.63) is 35.0 Å². The van der Waals surface area contributed by atoms with Gasteiger partial charge < -0.3 is 5.73 Å². The van der Waals surface area contributed by atoms with Gasteiger partial charge in [0.15, 0.2) is 16.8 Å². The van der Waals surface area contributed by atoms with E-state index in [1.807, 2.05) is 0 Å². The third kappa shape index (κ3) is 1.80. The highest BCUT2D eigenvalue weighted by atomic mass is 32.1. The summed E-state index contributed by atoms with van der Waals surface area (Å²) in [6.07, 6.45) is 0. The van der Waals surface area contributed by atoms with Crippen molar-refractivity contribution in [2.75, 3.05) is 5.73 Å². The van der Waals surface area contributed by atoms with Crippen molar-refractivity contribution in [2.24, 2.45) is 0 Å². The summed E-state index contributed by atoms with van der Waals surface area (Å²) in [5.74, 6) is -3.20. The Kier molecular flexibility index (Phi) is 2.36. The first-order valence-electron chi connectivity index (χ1n) is 3.94. The van der Waals surface area contributed by atoms with Crippen LogP contribution in [0.3, 0.4) is 0 Å². The van der Waals surface area contributed by atoms with Crippen LogP contribution < -0.4 is 5.73 Å². The van der Waals surface area contributed by atoms with Gasteiger partial charge in [-0.05, 0) is 6.07 Å². The van der Waals surface area contributed by atoms with E-state index >= 15 is 0 Å². The lowest BCUT2D eigenvalue weighted by Crippen LogP contribution is -1.92. The number of halogens is 3. The normalized spacial score (nSPS) is 10.6. The molecule has 0 aliphatic heterocycles. The Balaban J connectivity index is 2.58. The van der Waals surface area contributed by atoms with Gasteiger partial charge in [-0.2, -0.15) is 0 Å². The molecule has 0 saturated heterocycles. The van der Waals surface area contributed by atoms with E-state index < -0.39 is 17.5 Å². The van der Waals surface area contributed by atoms with E-state index in [1.54, 1.807) is 0 Å². The maximum atomic E-state index is 13.2. The van der Waals surface area contributed by atoms with Gasteiger partial charge in [0.1, 0.15) is 5.82 Å². The molecule has 0 saturated carbocycles. The minimum absolute atomic E-state index is 0.0955. The van der Waals surface area contributed by atoms with E-state index in [0.29, 0.717) is 6.07 Å². The summed E-state index contributed by atoms with van der Waals surface area (Å²) in [7, 11) is 0. The molecule has 2 N–H and O–H groups in total. The summed E-state index contributed by atoms with van der Waals surface area (Å²) < 4.78 is 38.7. The highest BCUT2D eigenvalue weighted by Crippen LogP contribution is 2.27. The van der Waals surface area contributed by atoms with E-state index in [-0.39, 0.29) is 16.4 Å². The smallest absolute Gasteiger partial charge is 0.180 e. The Hall–Kier alpha value is -1.56. The van der Waals surface area contributed by atoms with Gasteiger partial charge in [0.2, 0.25) is 0 Å². The average Bonchev–Trinajstić information content (AvgIpc) is 2.58. The topological polar surface area (TPSA) is 38.9 Å². The number of hydrogen-bond acceptors (Lipinski definition) is 3. The van der Waals surface area contributed by atoms with Crippen LogP contribution in [0.1, 0.15) is 0 Å². The largest absolute Gasteiger partial charge is 0.375 e. The molecule has 2 nitrogen and oxygen atoms in total. The van der Waals surface area contributed by atoms with Crippen LogP contribution in [-0.4, -0.2) is 4.98 Å². The number of nitrogen functional groups attached to an aromatic ring is 1. The molecular formula is C9H5F3N2S. The maximum absolute atomic E-state index is 13.2. The lowest BCUT2D eigenvalue weighted by Gasteiger charge is -2.00. The number of rotatable bonds is 1. The van der Waals surface area contributed by atoms with Crippen molar-refractivity contribution >= 4 is 16.5 Å². The van der Waals surface area contributed by atoms with Crippen molar-refractivity contribution in [3.8, 4) is 11.3 Å². The predicted octanol–water partition coefficient (Wildman–Crippen LogP) is 2.81. The summed E-state index contributed by atoms with van der Waals surface area (Å²) in [6.45, 7) is 0. The Labute approximate surface area is 87.2 Å². The summed E-state index contributed by atoms with van der Waals surface area (Å²) in [5, 5.41) is 1.72. The molecule has 1 heterocycles. The molecule has 0 aliphatic carbocycles. The number of anilines is 1. The van der Waals surface area contributed by atoms with E-state index in [9.17, 15) is 13.2 Å². The van der Waals surface area contributed by atoms with Crippen LogP contribution in [0.2, 0.25) is 0 Å². The minimum Gasteiger partial charge on any atom is -0.375 e. The van der Waals surface area contributed by atoms with Crippen molar-refractivity contribution < 1.29 is 13.2 Å². The second-order valence-corrected chi connectivity index (χ2v) is 3.71. The van der Waals surface area contributed by atoms with Gasteiger partial charge in [0.05, 0.1) is 5.69 Å². The summed E-state index contributed by atoms with van der Waals surface area (Å²) in [5.41, 5.74) is 5.46. The van der Waals surface area contributed by atoms with Gasteiger partial charge in [-0.1, -0.05) is 0 Å². The van der Waals surface area contributed by atoms with E-state index in [2.05, 4.69) is 4.98 Å². The molecule has 6 heteroatoms. The second-order valence-electron chi connectivity index (χ2n) is 2.82.